The number of rotatable bonds is 11. The van der Waals surface area contributed by atoms with Gasteiger partial charge in [-0.05, 0) is 92.1 Å². The molecule has 0 saturated carbocycles. The SMILES string of the molecule is CCCCCCOc1ccccc1C(=O)NC(=S)Nc1ccc(S(=O)(=O)Nc2ccc(C)c(C)c2)cc1. The van der Waals surface area contributed by atoms with Crippen molar-refractivity contribution in [1.82, 2.24) is 5.32 Å². The molecule has 0 aliphatic carbocycles. The maximum Gasteiger partial charge on any atom is 0.261 e. The number of thiocarbonyl (C=S) groups is 1. The molecule has 0 aliphatic heterocycles. The molecule has 0 aromatic heterocycles. The van der Waals surface area contributed by atoms with E-state index in [1.807, 2.05) is 26.0 Å². The third kappa shape index (κ3) is 8.30. The van der Waals surface area contributed by atoms with Crippen LogP contribution in [0.3, 0.4) is 0 Å². The first kappa shape index (κ1) is 28.1. The Morgan fingerprint density at radius 3 is 2.30 bits per heavy atom. The van der Waals surface area contributed by atoms with Crippen LogP contribution in [0.1, 0.15) is 54.1 Å². The highest BCUT2D eigenvalue weighted by atomic mass is 32.2. The lowest BCUT2D eigenvalue weighted by Crippen LogP contribution is -2.34. The van der Waals surface area contributed by atoms with E-state index >= 15 is 0 Å². The zero-order valence-corrected chi connectivity index (χ0v) is 23.0. The van der Waals surface area contributed by atoms with Gasteiger partial charge in [0.05, 0.1) is 17.1 Å². The van der Waals surface area contributed by atoms with Crippen LogP contribution in [0.2, 0.25) is 0 Å². The average molecular weight is 540 g/mol. The molecule has 0 unspecified atom stereocenters. The topological polar surface area (TPSA) is 96.5 Å². The van der Waals surface area contributed by atoms with Gasteiger partial charge in [0.15, 0.2) is 5.11 Å². The van der Waals surface area contributed by atoms with Gasteiger partial charge in [0.2, 0.25) is 0 Å². The summed E-state index contributed by atoms with van der Waals surface area (Å²) in [7, 11) is -3.76. The summed E-state index contributed by atoms with van der Waals surface area (Å²) in [5.41, 5.74) is 3.51. The summed E-state index contributed by atoms with van der Waals surface area (Å²) < 4.78 is 33.9. The van der Waals surface area contributed by atoms with Crippen molar-refractivity contribution >= 4 is 44.6 Å². The molecule has 0 saturated heterocycles. The van der Waals surface area contributed by atoms with E-state index in [1.165, 1.54) is 12.1 Å². The third-order valence-corrected chi connectivity index (χ3v) is 7.40. The smallest absolute Gasteiger partial charge is 0.261 e. The maximum atomic E-state index is 12.8. The quantitative estimate of drug-likeness (QED) is 0.199. The molecule has 3 rings (SSSR count). The molecule has 1 amide bonds. The van der Waals surface area contributed by atoms with Crippen molar-refractivity contribution in [2.24, 2.45) is 0 Å². The third-order valence-electron chi connectivity index (χ3n) is 5.80. The number of carbonyl (C=O) groups excluding carboxylic acids is 1. The van der Waals surface area contributed by atoms with Crippen LogP contribution in [0.5, 0.6) is 5.75 Å². The molecule has 0 fully saturated rings. The highest BCUT2D eigenvalue weighted by Gasteiger charge is 2.16. The molecule has 3 N–H and O–H groups in total. The first-order valence-corrected chi connectivity index (χ1v) is 14.1. The first-order valence-electron chi connectivity index (χ1n) is 12.2. The Morgan fingerprint density at radius 2 is 1.59 bits per heavy atom. The summed E-state index contributed by atoms with van der Waals surface area (Å²) in [6.45, 7) is 6.59. The van der Waals surface area contributed by atoms with E-state index in [0.717, 1.165) is 36.8 Å². The number of carbonyl (C=O) groups is 1. The standard InChI is InChI=1S/C28H33N3O4S2/c1-4-5-6-9-18-35-26-11-8-7-10-25(26)27(32)30-28(36)29-22-14-16-24(17-15-22)37(33,34)31-23-13-12-20(2)21(3)19-23/h7-8,10-17,19,31H,4-6,9,18H2,1-3H3,(H2,29,30,32,36). The molecule has 0 bridgehead atoms. The number of para-hydroxylation sites is 1. The molecule has 0 aliphatic rings. The lowest BCUT2D eigenvalue weighted by molar-refractivity contribution is 0.0973. The molecule has 7 nitrogen and oxygen atoms in total. The Morgan fingerprint density at radius 1 is 0.892 bits per heavy atom. The Bertz CT molecular complexity index is 1340. The van der Waals surface area contributed by atoms with Gasteiger partial charge in [0.25, 0.3) is 15.9 Å². The van der Waals surface area contributed by atoms with Gasteiger partial charge in [0.1, 0.15) is 5.75 Å². The van der Waals surface area contributed by atoms with E-state index in [0.29, 0.717) is 29.3 Å². The summed E-state index contributed by atoms with van der Waals surface area (Å²) in [5.74, 6) is 0.114. The molecule has 0 heterocycles. The number of sulfonamides is 1. The molecular weight excluding hydrogens is 506 g/mol. The zero-order chi connectivity index (χ0) is 26.8. The van der Waals surface area contributed by atoms with E-state index in [1.54, 1.807) is 42.5 Å². The fourth-order valence-electron chi connectivity index (χ4n) is 3.56. The Kier molecular flexibility index (Phi) is 10.0. The summed E-state index contributed by atoms with van der Waals surface area (Å²) in [4.78, 5) is 12.9. The van der Waals surface area contributed by atoms with Crippen LogP contribution in [0, 0.1) is 13.8 Å². The number of anilines is 2. The van der Waals surface area contributed by atoms with Crippen LogP contribution in [0.15, 0.2) is 71.6 Å². The largest absolute Gasteiger partial charge is 0.493 e. The minimum absolute atomic E-state index is 0.0895. The maximum absolute atomic E-state index is 12.8. The van der Waals surface area contributed by atoms with Gasteiger partial charge in [0, 0.05) is 11.4 Å². The minimum Gasteiger partial charge on any atom is -0.493 e. The molecule has 37 heavy (non-hydrogen) atoms. The fourth-order valence-corrected chi connectivity index (χ4v) is 4.82. The zero-order valence-electron chi connectivity index (χ0n) is 21.3. The van der Waals surface area contributed by atoms with Crippen molar-refractivity contribution in [3.63, 3.8) is 0 Å². The number of amides is 1. The predicted molar refractivity (Wildman–Crippen MR) is 153 cm³/mol. The van der Waals surface area contributed by atoms with Crippen LogP contribution in [-0.2, 0) is 10.0 Å². The number of benzene rings is 3. The van der Waals surface area contributed by atoms with Crippen LogP contribution < -0.4 is 20.1 Å². The Labute approximate surface area is 224 Å². The van der Waals surface area contributed by atoms with E-state index in [4.69, 9.17) is 17.0 Å². The van der Waals surface area contributed by atoms with Gasteiger partial charge in [-0.1, -0.05) is 44.4 Å². The van der Waals surface area contributed by atoms with Crippen LogP contribution in [0.25, 0.3) is 0 Å². The van der Waals surface area contributed by atoms with Crippen molar-refractivity contribution < 1.29 is 17.9 Å². The average Bonchev–Trinajstić information content (AvgIpc) is 2.86. The number of ether oxygens (including phenoxy) is 1. The van der Waals surface area contributed by atoms with Crippen LogP contribution in [0.4, 0.5) is 11.4 Å². The number of hydrogen-bond donors (Lipinski definition) is 3. The molecule has 9 heteroatoms. The summed E-state index contributed by atoms with van der Waals surface area (Å²) in [5, 5.41) is 5.66. The lowest BCUT2D eigenvalue weighted by Gasteiger charge is -2.14. The van der Waals surface area contributed by atoms with Gasteiger partial charge < -0.3 is 10.1 Å². The number of unbranched alkanes of at least 4 members (excludes halogenated alkanes) is 3. The van der Waals surface area contributed by atoms with Gasteiger partial charge in [-0.3, -0.25) is 14.8 Å². The summed E-state index contributed by atoms with van der Waals surface area (Å²) >= 11 is 5.29. The Hall–Kier alpha value is -3.43. The van der Waals surface area contributed by atoms with E-state index in [2.05, 4.69) is 22.3 Å². The molecule has 0 atom stereocenters. The molecule has 0 radical (unpaired) electrons. The molecule has 3 aromatic rings. The van der Waals surface area contributed by atoms with Gasteiger partial charge in [-0.25, -0.2) is 8.42 Å². The first-order chi connectivity index (χ1) is 17.7. The predicted octanol–water partition coefficient (Wildman–Crippen LogP) is 6.19. The minimum atomic E-state index is -3.76. The number of aryl methyl sites for hydroxylation is 2. The molecule has 0 spiro atoms. The van der Waals surface area contributed by atoms with Crippen LogP contribution in [-0.4, -0.2) is 26.0 Å². The van der Waals surface area contributed by atoms with Crippen molar-refractivity contribution in [1.29, 1.82) is 0 Å². The second-order valence-electron chi connectivity index (χ2n) is 8.74. The van der Waals surface area contributed by atoms with Crippen molar-refractivity contribution in [3.8, 4) is 5.75 Å². The Balaban J connectivity index is 1.58. The second kappa shape index (κ2) is 13.2. The highest BCUT2D eigenvalue weighted by molar-refractivity contribution is 7.92. The summed E-state index contributed by atoms with van der Waals surface area (Å²) in [6.07, 6.45) is 4.31. The van der Waals surface area contributed by atoms with Gasteiger partial charge >= 0.3 is 0 Å². The lowest BCUT2D eigenvalue weighted by atomic mass is 10.1. The molecule has 196 valence electrons. The normalized spacial score (nSPS) is 11.0. The summed E-state index contributed by atoms with van der Waals surface area (Å²) in [6, 6.07) is 18.5. The molecular formula is C28H33N3O4S2. The molecule has 3 aromatic carbocycles. The fraction of sp³-hybridized carbons (Fsp3) is 0.286. The van der Waals surface area contributed by atoms with Crippen molar-refractivity contribution in [2.45, 2.75) is 51.3 Å². The van der Waals surface area contributed by atoms with Crippen molar-refractivity contribution in [3.05, 3.63) is 83.4 Å². The van der Waals surface area contributed by atoms with E-state index in [-0.39, 0.29) is 10.0 Å². The van der Waals surface area contributed by atoms with E-state index < -0.39 is 15.9 Å². The van der Waals surface area contributed by atoms with Gasteiger partial charge in [-0.2, -0.15) is 0 Å². The number of nitrogens with one attached hydrogen (secondary N) is 3. The van der Waals surface area contributed by atoms with Gasteiger partial charge in [-0.15, -0.1) is 0 Å². The van der Waals surface area contributed by atoms with Crippen LogP contribution >= 0.6 is 12.2 Å². The van der Waals surface area contributed by atoms with Crippen molar-refractivity contribution in [2.75, 3.05) is 16.6 Å². The monoisotopic (exact) mass is 539 g/mol. The second-order valence-corrected chi connectivity index (χ2v) is 10.8. The number of hydrogen-bond acceptors (Lipinski definition) is 5. The highest BCUT2D eigenvalue weighted by Crippen LogP contribution is 2.21. The van der Waals surface area contributed by atoms with E-state index in [9.17, 15) is 13.2 Å².